The number of anilines is 1. The van der Waals surface area contributed by atoms with E-state index in [9.17, 15) is 9.59 Å². The van der Waals surface area contributed by atoms with Gasteiger partial charge in [0.25, 0.3) is 5.56 Å². The largest absolute Gasteiger partial charge is 0.352 e. The van der Waals surface area contributed by atoms with Crippen molar-refractivity contribution in [2.24, 2.45) is 13.0 Å². The Kier molecular flexibility index (Phi) is 4.33. The number of carbonyl (C=O) groups is 1. The van der Waals surface area contributed by atoms with Gasteiger partial charge in [0.1, 0.15) is 0 Å². The molecule has 2 aromatic rings. The maximum Gasteiger partial charge on any atom is 0.293 e. The van der Waals surface area contributed by atoms with Crippen molar-refractivity contribution < 1.29 is 4.79 Å². The summed E-state index contributed by atoms with van der Waals surface area (Å²) in [5, 5.41) is 2.12. The molecule has 1 amide bonds. The van der Waals surface area contributed by atoms with Crippen molar-refractivity contribution >= 4 is 23.1 Å². The van der Waals surface area contributed by atoms with Crippen LogP contribution in [0.2, 0.25) is 0 Å². The molecule has 7 heteroatoms. The number of rotatable bonds is 2. The van der Waals surface area contributed by atoms with Crippen LogP contribution in [0.15, 0.2) is 28.6 Å². The molecule has 1 fully saturated rings. The fourth-order valence-corrected chi connectivity index (χ4v) is 4.62. The summed E-state index contributed by atoms with van der Waals surface area (Å²) in [6, 6.07) is 2.14. The summed E-state index contributed by atoms with van der Waals surface area (Å²) in [6.07, 6.45) is 5.86. The van der Waals surface area contributed by atoms with Gasteiger partial charge in [0.2, 0.25) is 5.91 Å². The van der Waals surface area contributed by atoms with E-state index in [1.165, 1.54) is 10.4 Å². The lowest BCUT2D eigenvalue weighted by Crippen LogP contribution is -2.45. The van der Waals surface area contributed by atoms with Crippen LogP contribution < -0.4 is 10.5 Å². The number of hydrogen-bond donors (Lipinski definition) is 0. The zero-order chi connectivity index (χ0) is 17.4. The van der Waals surface area contributed by atoms with E-state index < -0.39 is 0 Å². The van der Waals surface area contributed by atoms with Gasteiger partial charge in [0.05, 0.1) is 0 Å². The van der Waals surface area contributed by atoms with Gasteiger partial charge >= 0.3 is 0 Å². The summed E-state index contributed by atoms with van der Waals surface area (Å²) in [5.41, 5.74) is 1.23. The van der Waals surface area contributed by atoms with Crippen LogP contribution in [0.4, 0.5) is 5.82 Å². The normalized spacial score (nSPS) is 18.3. The van der Waals surface area contributed by atoms with Gasteiger partial charge in [0, 0.05) is 56.4 Å². The third-order valence-corrected chi connectivity index (χ3v) is 6.28. The highest BCUT2D eigenvalue weighted by Crippen LogP contribution is 2.27. The Bertz CT molecular complexity index is 836. The highest BCUT2D eigenvalue weighted by molar-refractivity contribution is 7.10. The summed E-state index contributed by atoms with van der Waals surface area (Å²) >= 11 is 1.79. The fraction of sp³-hybridized carbons (Fsp3) is 0.500. The summed E-state index contributed by atoms with van der Waals surface area (Å²) in [7, 11) is 1.73. The Labute approximate surface area is 150 Å². The molecule has 6 nitrogen and oxygen atoms in total. The van der Waals surface area contributed by atoms with E-state index in [0.29, 0.717) is 18.9 Å². The van der Waals surface area contributed by atoms with Crippen LogP contribution >= 0.6 is 11.3 Å². The third-order valence-electron chi connectivity index (χ3n) is 5.26. The molecule has 2 aliphatic rings. The molecule has 0 aliphatic carbocycles. The molecule has 0 atom stereocenters. The van der Waals surface area contributed by atoms with Crippen LogP contribution in [0.5, 0.6) is 0 Å². The molecular weight excluding hydrogens is 336 g/mol. The first-order valence-electron chi connectivity index (χ1n) is 8.74. The Morgan fingerprint density at radius 3 is 2.88 bits per heavy atom. The zero-order valence-corrected chi connectivity index (χ0v) is 15.2. The number of aryl methyl sites for hydroxylation is 1. The van der Waals surface area contributed by atoms with Crippen LogP contribution in [-0.4, -0.2) is 40.0 Å². The third kappa shape index (κ3) is 3.08. The average Bonchev–Trinajstić information content (AvgIpc) is 3.11. The van der Waals surface area contributed by atoms with Crippen molar-refractivity contribution in [2.45, 2.75) is 25.8 Å². The van der Waals surface area contributed by atoms with E-state index in [4.69, 9.17) is 0 Å². The summed E-state index contributed by atoms with van der Waals surface area (Å²) in [5.74, 6) is 0.825. The molecule has 0 N–H and O–H groups in total. The lowest BCUT2D eigenvalue weighted by Gasteiger charge is -2.35. The second-order valence-electron chi connectivity index (χ2n) is 6.81. The maximum atomic E-state index is 12.9. The molecule has 0 aromatic carbocycles. The highest BCUT2D eigenvalue weighted by atomic mass is 32.1. The second kappa shape index (κ2) is 6.63. The summed E-state index contributed by atoms with van der Waals surface area (Å²) < 4.78 is 1.55. The van der Waals surface area contributed by atoms with Crippen LogP contribution in [0.25, 0.3) is 0 Å². The maximum absolute atomic E-state index is 12.9. The summed E-state index contributed by atoms with van der Waals surface area (Å²) in [6.45, 7) is 2.99. The molecule has 0 bridgehead atoms. The first-order valence-corrected chi connectivity index (χ1v) is 9.62. The van der Waals surface area contributed by atoms with Crippen molar-refractivity contribution in [3.8, 4) is 0 Å². The smallest absolute Gasteiger partial charge is 0.293 e. The number of nitrogens with zero attached hydrogens (tertiary/aromatic N) is 4. The van der Waals surface area contributed by atoms with Gasteiger partial charge < -0.3 is 14.4 Å². The molecule has 1 saturated heterocycles. The average molecular weight is 358 g/mol. The lowest BCUT2D eigenvalue weighted by molar-refractivity contribution is -0.137. The first kappa shape index (κ1) is 16.3. The number of thiophene rings is 1. The van der Waals surface area contributed by atoms with Gasteiger partial charge in [-0.25, -0.2) is 4.98 Å². The minimum absolute atomic E-state index is 0.0593. The zero-order valence-electron chi connectivity index (χ0n) is 14.4. The van der Waals surface area contributed by atoms with E-state index in [1.807, 2.05) is 9.80 Å². The Hall–Kier alpha value is -2.15. The molecule has 0 saturated carbocycles. The molecule has 0 spiro atoms. The summed E-state index contributed by atoms with van der Waals surface area (Å²) in [4.78, 5) is 34.8. The molecule has 4 heterocycles. The number of amides is 1. The van der Waals surface area contributed by atoms with Gasteiger partial charge in [-0.15, -0.1) is 11.3 Å². The minimum atomic E-state index is -0.0757. The van der Waals surface area contributed by atoms with E-state index in [1.54, 1.807) is 35.3 Å². The number of hydrogen-bond acceptors (Lipinski definition) is 5. The molecule has 2 aromatic heterocycles. The number of piperidine rings is 1. The van der Waals surface area contributed by atoms with Gasteiger partial charge in [-0.05, 0) is 36.3 Å². The second-order valence-corrected chi connectivity index (χ2v) is 7.81. The molecule has 132 valence electrons. The van der Waals surface area contributed by atoms with E-state index in [0.717, 1.165) is 32.4 Å². The number of carbonyl (C=O) groups excluding carboxylic acids is 1. The quantitative estimate of drug-likeness (QED) is 0.819. The molecule has 0 radical (unpaired) electrons. The SMILES string of the molecule is Cn1ccnc(N2CCC(C(=O)N3CCc4sccc4C3)CC2)c1=O. The first-order chi connectivity index (χ1) is 12.1. The van der Waals surface area contributed by atoms with Gasteiger partial charge in [0.15, 0.2) is 5.82 Å². The predicted molar refractivity (Wildman–Crippen MR) is 97.9 cm³/mol. The molecule has 25 heavy (non-hydrogen) atoms. The van der Waals surface area contributed by atoms with Gasteiger partial charge in [-0.2, -0.15) is 0 Å². The lowest BCUT2D eigenvalue weighted by atomic mass is 9.94. The topological polar surface area (TPSA) is 58.4 Å². The van der Waals surface area contributed by atoms with Gasteiger partial charge in [-0.1, -0.05) is 0 Å². The van der Waals surface area contributed by atoms with Crippen molar-refractivity contribution in [1.82, 2.24) is 14.5 Å². The van der Waals surface area contributed by atoms with Crippen molar-refractivity contribution in [3.05, 3.63) is 44.6 Å². The fourth-order valence-electron chi connectivity index (χ4n) is 3.73. The Balaban J connectivity index is 1.40. The Morgan fingerprint density at radius 1 is 1.28 bits per heavy atom. The van der Waals surface area contributed by atoms with E-state index >= 15 is 0 Å². The molecule has 4 rings (SSSR count). The minimum Gasteiger partial charge on any atom is -0.352 e. The molecular formula is C18H22N4O2S. The monoisotopic (exact) mass is 358 g/mol. The van der Waals surface area contributed by atoms with Crippen LogP contribution in [0, 0.1) is 5.92 Å². The van der Waals surface area contributed by atoms with E-state index in [-0.39, 0.29) is 17.4 Å². The molecule has 0 unspecified atom stereocenters. The van der Waals surface area contributed by atoms with Crippen LogP contribution in [-0.2, 0) is 24.8 Å². The van der Waals surface area contributed by atoms with Crippen LogP contribution in [0.1, 0.15) is 23.3 Å². The van der Waals surface area contributed by atoms with Crippen molar-refractivity contribution in [2.75, 3.05) is 24.5 Å². The highest BCUT2D eigenvalue weighted by Gasteiger charge is 2.31. The van der Waals surface area contributed by atoms with Crippen molar-refractivity contribution in [3.63, 3.8) is 0 Å². The van der Waals surface area contributed by atoms with Gasteiger partial charge in [-0.3, -0.25) is 9.59 Å². The molecule has 2 aliphatic heterocycles. The van der Waals surface area contributed by atoms with Crippen LogP contribution in [0.3, 0.4) is 0 Å². The number of fused-ring (bicyclic) bond motifs is 1. The van der Waals surface area contributed by atoms with E-state index in [2.05, 4.69) is 16.4 Å². The van der Waals surface area contributed by atoms with Crippen molar-refractivity contribution in [1.29, 1.82) is 0 Å². The standard InChI is InChI=1S/C18H22N4O2S/c1-20-10-6-19-16(18(20)24)21-7-2-13(3-8-21)17(23)22-9-4-15-14(12-22)5-11-25-15/h5-6,10-11,13H,2-4,7-9,12H2,1H3. The predicted octanol–water partition coefficient (Wildman–Crippen LogP) is 1.64. The number of aromatic nitrogens is 2. The Morgan fingerprint density at radius 2 is 2.08 bits per heavy atom.